The number of thiophene rings is 1. The Morgan fingerprint density at radius 1 is 1.11 bits per heavy atom. The van der Waals surface area contributed by atoms with Crippen LogP contribution in [0.3, 0.4) is 0 Å². The molecule has 0 fully saturated rings. The lowest BCUT2D eigenvalue weighted by Gasteiger charge is -2.26. The zero-order valence-electron chi connectivity index (χ0n) is 21.1. The summed E-state index contributed by atoms with van der Waals surface area (Å²) < 4.78 is 38.3. The topological polar surface area (TPSA) is 119 Å². The largest absolute Gasteiger partial charge is 0.493 e. The molecule has 0 aliphatic rings. The van der Waals surface area contributed by atoms with Gasteiger partial charge < -0.3 is 14.4 Å². The maximum Gasteiger partial charge on any atom is 0.269 e. The molecule has 0 unspecified atom stereocenters. The normalized spacial score (nSPS) is 11.2. The fourth-order valence-corrected chi connectivity index (χ4v) is 5.79. The Balaban J connectivity index is 1.82. The van der Waals surface area contributed by atoms with Crippen LogP contribution in [0.1, 0.15) is 10.4 Å². The van der Waals surface area contributed by atoms with Crippen LogP contribution in [0.5, 0.6) is 11.5 Å². The van der Waals surface area contributed by atoms with Crippen molar-refractivity contribution in [2.24, 2.45) is 0 Å². The summed E-state index contributed by atoms with van der Waals surface area (Å²) >= 11 is 1.50. The first kappa shape index (κ1) is 28.8. The molecular formula is C26H29N3O7S2. The number of sulfonamides is 1. The van der Waals surface area contributed by atoms with E-state index in [2.05, 4.69) is 6.58 Å². The van der Waals surface area contributed by atoms with Crippen LogP contribution in [-0.2, 0) is 27.8 Å². The number of hydrogen-bond acceptors (Lipinski definition) is 8. The zero-order valence-corrected chi connectivity index (χ0v) is 22.7. The van der Waals surface area contributed by atoms with Crippen molar-refractivity contribution in [3.8, 4) is 11.5 Å². The average Bonchev–Trinajstić information content (AvgIpc) is 3.43. The van der Waals surface area contributed by atoms with E-state index in [1.807, 2.05) is 29.6 Å². The molecule has 0 bridgehead atoms. The van der Waals surface area contributed by atoms with E-state index in [9.17, 15) is 23.3 Å². The Labute approximate surface area is 225 Å². The van der Waals surface area contributed by atoms with Gasteiger partial charge in [-0.15, -0.1) is 17.9 Å². The number of nitro groups is 1. The first-order valence-corrected chi connectivity index (χ1v) is 13.9. The molecular weight excluding hydrogens is 530 g/mol. The number of amides is 1. The van der Waals surface area contributed by atoms with Crippen LogP contribution in [0, 0.1) is 10.1 Å². The Morgan fingerprint density at radius 3 is 2.39 bits per heavy atom. The SMILES string of the molecule is C=CCN(CC(=O)N(CCc1ccc(OC)c(OC)c1)Cc1cccs1)S(=O)(=O)c1ccc([N+](=O)[O-])cc1. The van der Waals surface area contributed by atoms with E-state index in [-0.39, 0.29) is 23.0 Å². The molecule has 0 aliphatic carbocycles. The summed E-state index contributed by atoms with van der Waals surface area (Å²) in [6.45, 7) is 3.77. The Morgan fingerprint density at radius 2 is 1.82 bits per heavy atom. The first-order valence-electron chi connectivity index (χ1n) is 11.6. The highest BCUT2D eigenvalue weighted by Crippen LogP contribution is 2.28. The molecule has 0 atom stereocenters. The molecule has 12 heteroatoms. The smallest absolute Gasteiger partial charge is 0.269 e. The Hall–Kier alpha value is -3.74. The maximum absolute atomic E-state index is 13.5. The molecule has 1 aromatic heterocycles. The summed E-state index contributed by atoms with van der Waals surface area (Å²) in [5.74, 6) is 0.790. The molecule has 1 heterocycles. The van der Waals surface area contributed by atoms with Gasteiger partial charge in [0.2, 0.25) is 15.9 Å². The van der Waals surface area contributed by atoms with Crippen molar-refractivity contribution in [1.82, 2.24) is 9.21 Å². The minimum atomic E-state index is -4.12. The number of benzene rings is 2. The lowest BCUT2D eigenvalue weighted by molar-refractivity contribution is -0.384. The van der Waals surface area contributed by atoms with Crippen LogP contribution in [0.2, 0.25) is 0 Å². The van der Waals surface area contributed by atoms with Crippen LogP contribution in [0.4, 0.5) is 5.69 Å². The van der Waals surface area contributed by atoms with Crippen molar-refractivity contribution in [3.05, 3.63) is 93.2 Å². The van der Waals surface area contributed by atoms with Gasteiger partial charge in [-0.2, -0.15) is 4.31 Å². The molecule has 3 aromatic rings. The number of hydrogen-bond donors (Lipinski definition) is 0. The number of carbonyl (C=O) groups is 1. The van der Waals surface area contributed by atoms with Gasteiger partial charge in [-0.05, 0) is 47.7 Å². The van der Waals surface area contributed by atoms with Gasteiger partial charge in [0, 0.05) is 30.1 Å². The molecule has 1 amide bonds. The summed E-state index contributed by atoms with van der Waals surface area (Å²) in [5, 5.41) is 12.9. The van der Waals surface area contributed by atoms with E-state index in [1.54, 1.807) is 25.2 Å². The summed E-state index contributed by atoms with van der Waals surface area (Å²) in [4.78, 5) is 26.2. The number of ether oxygens (including phenoxy) is 2. The summed E-state index contributed by atoms with van der Waals surface area (Å²) in [6.07, 6.45) is 1.90. The van der Waals surface area contributed by atoms with Gasteiger partial charge in [-0.25, -0.2) is 8.42 Å². The average molecular weight is 560 g/mol. The van der Waals surface area contributed by atoms with Crippen molar-refractivity contribution in [2.75, 3.05) is 33.9 Å². The highest BCUT2D eigenvalue weighted by Gasteiger charge is 2.28. The van der Waals surface area contributed by atoms with Crippen molar-refractivity contribution < 1.29 is 27.6 Å². The molecule has 0 aliphatic heterocycles. The quantitative estimate of drug-likeness (QED) is 0.166. The number of methoxy groups -OCH3 is 2. The number of carbonyl (C=O) groups excluding carboxylic acids is 1. The molecule has 0 N–H and O–H groups in total. The molecule has 0 saturated carbocycles. The number of nitro benzene ring substituents is 1. The van der Waals surface area contributed by atoms with Gasteiger partial charge in [-0.3, -0.25) is 14.9 Å². The summed E-state index contributed by atoms with van der Waals surface area (Å²) in [7, 11) is -1.01. The van der Waals surface area contributed by atoms with Crippen LogP contribution >= 0.6 is 11.3 Å². The first-order chi connectivity index (χ1) is 18.2. The predicted octanol–water partition coefficient (Wildman–Crippen LogP) is 4.12. The van der Waals surface area contributed by atoms with Gasteiger partial charge in [-0.1, -0.05) is 18.2 Å². The van der Waals surface area contributed by atoms with Crippen molar-refractivity contribution >= 4 is 33.0 Å². The second-order valence-corrected chi connectivity index (χ2v) is 11.1. The van der Waals surface area contributed by atoms with Gasteiger partial charge in [0.1, 0.15) is 0 Å². The summed E-state index contributed by atoms with van der Waals surface area (Å²) in [6, 6.07) is 13.9. The number of non-ortho nitro benzene ring substituents is 1. The molecule has 202 valence electrons. The third-order valence-electron chi connectivity index (χ3n) is 5.73. The molecule has 0 radical (unpaired) electrons. The van der Waals surface area contributed by atoms with Gasteiger partial charge in [0.05, 0.1) is 37.1 Å². The number of rotatable bonds is 14. The van der Waals surface area contributed by atoms with Crippen LogP contribution in [-0.4, -0.2) is 62.3 Å². The second kappa shape index (κ2) is 13.2. The minimum absolute atomic E-state index is 0.104. The lowest BCUT2D eigenvalue weighted by atomic mass is 10.1. The molecule has 0 saturated heterocycles. The molecule has 38 heavy (non-hydrogen) atoms. The van der Waals surface area contributed by atoms with E-state index in [0.29, 0.717) is 31.0 Å². The fraction of sp³-hybridized carbons (Fsp3) is 0.269. The maximum atomic E-state index is 13.5. The fourth-order valence-electron chi connectivity index (χ4n) is 3.71. The van der Waals surface area contributed by atoms with E-state index in [4.69, 9.17) is 9.47 Å². The van der Waals surface area contributed by atoms with Gasteiger partial charge in [0.25, 0.3) is 5.69 Å². The van der Waals surface area contributed by atoms with Crippen LogP contribution in [0.15, 0.2) is 77.5 Å². The number of nitrogens with zero attached hydrogens (tertiary/aromatic N) is 3. The van der Waals surface area contributed by atoms with Crippen LogP contribution < -0.4 is 9.47 Å². The minimum Gasteiger partial charge on any atom is -0.493 e. The van der Waals surface area contributed by atoms with Gasteiger partial charge in [0.15, 0.2) is 11.5 Å². The van der Waals surface area contributed by atoms with Gasteiger partial charge >= 0.3 is 0 Å². The predicted molar refractivity (Wildman–Crippen MR) is 145 cm³/mol. The highest BCUT2D eigenvalue weighted by atomic mass is 32.2. The third-order valence-corrected chi connectivity index (χ3v) is 8.41. The van der Waals surface area contributed by atoms with E-state index < -0.39 is 21.5 Å². The van der Waals surface area contributed by atoms with E-state index >= 15 is 0 Å². The lowest BCUT2D eigenvalue weighted by Crippen LogP contribution is -2.43. The third kappa shape index (κ3) is 7.18. The highest BCUT2D eigenvalue weighted by molar-refractivity contribution is 7.89. The Kier molecular flexibility index (Phi) is 9.99. The molecule has 3 rings (SSSR count). The molecule has 2 aromatic carbocycles. The second-order valence-electron chi connectivity index (χ2n) is 8.17. The van der Waals surface area contributed by atoms with Crippen molar-refractivity contribution in [2.45, 2.75) is 17.9 Å². The summed E-state index contributed by atoms with van der Waals surface area (Å²) in [5.41, 5.74) is 0.695. The standard InChI is InChI=1S/C26H29N3O7S2/c1-4-14-28(38(33,34)23-10-8-21(9-11-23)29(31)32)19-26(30)27(18-22-6-5-16-37-22)15-13-20-7-12-24(35-2)25(17-20)36-3/h4-12,16-17H,1,13-15,18-19H2,2-3H3. The molecule has 0 spiro atoms. The van der Waals surface area contributed by atoms with Crippen molar-refractivity contribution in [3.63, 3.8) is 0 Å². The molecule has 10 nitrogen and oxygen atoms in total. The Bertz CT molecular complexity index is 1360. The van der Waals surface area contributed by atoms with E-state index in [0.717, 1.165) is 39.0 Å². The van der Waals surface area contributed by atoms with Crippen molar-refractivity contribution in [1.29, 1.82) is 0 Å². The van der Waals surface area contributed by atoms with E-state index in [1.165, 1.54) is 17.4 Å². The zero-order chi connectivity index (χ0) is 27.7. The monoisotopic (exact) mass is 559 g/mol. The van der Waals surface area contributed by atoms with Crippen LogP contribution in [0.25, 0.3) is 0 Å².